The molecule has 1 N–H and O–H groups in total. The van der Waals surface area contributed by atoms with Gasteiger partial charge in [-0.2, -0.15) is 0 Å². The summed E-state index contributed by atoms with van der Waals surface area (Å²) in [6, 6.07) is 12.0. The lowest BCUT2D eigenvalue weighted by atomic mass is 9.99. The molecule has 1 aliphatic carbocycles. The van der Waals surface area contributed by atoms with E-state index in [2.05, 4.69) is 5.32 Å². The van der Waals surface area contributed by atoms with E-state index in [9.17, 15) is 8.78 Å². The zero-order valence-electron chi connectivity index (χ0n) is 10.5. The monoisotopic (exact) mass is 259 g/mol. The van der Waals surface area contributed by atoms with E-state index in [-0.39, 0.29) is 0 Å². The summed E-state index contributed by atoms with van der Waals surface area (Å²) in [4.78, 5) is 0. The summed E-state index contributed by atoms with van der Waals surface area (Å²) in [6.45, 7) is 0.720. The van der Waals surface area contributed by atoms with Crippen LogP contribution in [0.15, 0.2) is 42.5 Å². The van der Waals surface area contributed by atoms with E-state index in [0.717, 1.165) is 23.7 Å². The fraction of sp³-hybridized carbons (Fsp3) is 0.250. The highest BCUT2D eigenvalue weighted by Crippen LogP contribution is 2.28. The molecular weight excluding hydrogens is 244 g/mol. The maximum absolute atomic E-state index is 13.9. The number of nitrogens with one attached hydrogen (secondary N) is 1. The molecule has 1 saturated carbocycles. The van der Waals surface area contributed by atoms with E-state index < -0.39 is 11.6 Å². The van der Waals surface area contributed by atoms with Gasteiger partial charge in [0.1, 0.15) is 11.6 Å². The molecule has 3 rings (SSSR count). The Bertz CT molecular complexity index is 591. The highest BCUT2D eigenvalue weighted by Gasteiger charge is 2.20. The van der Waals surface area contributed by atoms with Crippen LogP contribution in [0.5, 0.6) is 0 Å². The average Bonchev–Trinajstić information content (AvgIpc) is 3.21. The summed E-state index contributed by atoms with van der Waals surface area (Å²) in [5.74, 6) is -1.06. The second kappa shape index (κ2) is 5.10. The Hall–Kier alpha value is -1.74. The molecule has 0 amide bonds. The molecule has 3 heteroatoms. The predicted molar refractivity (Wildman–Crippen MR) is 71.7 cm³/mol. The van der Waals surface area contributed by atoms with Gasteiger partial charge in [-0.25, -0.2) is 8.78 Å². The zero-order chi connectivity index (χ0) is 13.2. The Morgan fingerprint density at radius 3 is 2.53 bits per heavy atom. The second-order valence-electron chi connectivity index (χ2n) is 4.94. The van der Waals surface area contributed by atoms with Gasteiger partial charge in [-0.05, 0) is 36.1 Å². The zero-order valence-corrected chi connectivity index (χ0v) is 10.5. The molecule has 2 aromatic carbocycles. The second-order valence-corrected chi connectivity index (χ2v) is 4.94. The normalized spacial score (nSPS) is 14.6. The van der Waals surface area contributed by atoms with Crippen molar-refractivity contribution in [3.05, 3.63) is 59.7 Å². The Morgan fingerprint density at radius 1 is 1.00 bits per heavy atom. The van der Waals surface area contributed by atoms with Crippen LogP contribution in [-0.2, 0) is 6.54 Å². The number of benzene rings is 2. The Balaban J connectivity index is 1.93. The molecule has 0 aromatic heterocycles. The van der Waals surface area contributed by atoms with Crippen LogP contribution in [0.3, 0.4) is 0 Å². The van der Waals surface area contributed by atoms with Crippen molar-refractivity contribution in [3.63, 3.8) is 0 Å². The van der Waals surface area contributed by atoms with Crippen molar-refractivity contribution in [2.75, 3.05) is 0 Å². The highest BCUT2D eigenvalue weighted by molar-refractivity contribution is 5.67. The third-order valence-corrected chi connectivity index (χ3v) is 3.40. The van der Waals surface area contributed by atoms with Crippen molar-refractivity contribution in [1.29, 1.82) is 0 Å². The van der Waals surface area contributed by atoms with Crippen molar-refractivity contribution in [2.24, 2.45) is 0 Å². The summed E-state index contributed by atoms with van der Waals surface area (Å²) >= 11 is 0. The molecule has 1 fully saturated rings. The third kappa shape index (κ3) is 2.82. The Labute approximate surface area is 111 Å². The van der Waals surface area contributed by atoms with Crippen molar-refractivity contribution in [2.45, 2.75) is 25.4 Å². The van der Waals surface area contributed by atoms with E-state index >= 15 is 0 Å². The number of hydrogen-bond acceptors (Lipinski definition) is 1. The van der Waals surface area contributed by atoms with Crippen LogP contribution in [0.1, 0.15) is 18.4 Å². The molecule has 19 heavy (non-hydrogen) atoms. The first-order valence-electron chi connectivity index (χ1n) is 6.51. The summed E-state index contributed by atoms with van der Waals surface area (Å²) < 4.78 is 26.8. The summed E-state index contributed by atoms with van der Waals surface area (Å²) in [5.41, 5.74) is 2.32. The Kier molecular flexibility index (Phi) is 3.30. The average molecular weight is 259 g/mol. The smallest absolute Gasteiger partial charge is 0.133 e. The number of halogens is 2. The minimum atomic E-state index is -0.546. The van der Waals surface area contributed by atoms with Crippen LogP contribution in [0.2, 0.25) is 0 Å². The van der Waals surface area contributed by atoms with E-state index in [1.807, 2.05) is 24.3 Å². The molecular formula is C16H15F2N. The van der Waals surface area contributed by atoms with E-state index in [4.69, 9.17) is 0 Å². The van der Waals surface area contributed by atoms with Gasteiger partial charge >= 0.3 is 0 Å². The van der Waals surface area contributed by atoms with Crippen LogP contribution in [-0.4, -0.2) is 6.04 Å². The van der Waals surface area contributed by atoms with Gasteiger partial charge in [0.25, 0.3) is 0 Å². The van der Waals surface area contributed by atoms with Gasteiger partial charge in [0.15, 0.2) is 0 Å². The van der Waals surface area contributed by atoms with Gasteiger partial charge < -0.3 is 5.32 Å². The fourth-order valence-electron chi connectivity index (χ4n) is 2.19. The van der Waals surface area contributed by atoms with Crippen LogP contribution < -0.4 is 5.32 Å². The summed E-state index contributed by atoms with van der Waals surface area (Å²) in [6.07, 6.45) is 2.43. The molecule has 0 bridgehead atoms. The van der Waals surface area contributed by atoms with Gasteiger partial charge in [-0.15, -0.1) is 0 Å². The van der Waals surface area contributed by atoms with Crippen LogP contribution in [0.4, 0.5) is 8.78 Å². The van der Waals surface area contributed by atoms with Crippen LogP contribution in [0.25, 0.3) is 11.1 Å². The van der Waals surface area contributed by atoms with Crippen molar-refractivity contribution in [3.8, 4) is 11.1 Å². The molecule has 0 atom stereocenters. The van der Waals surface area contributed by atoms with Gasteiger partial charge in [0.2, 0.25) is 0 Å². The van der Waals surface area contributed by atoms with Gasteiger partial charge in [-0.3, -0.25) is 0 Å². The maximum Gasteiger partial charge on any atom is 0.133 e. The summed E-state index contributed by atoms with van der Waals surface area (Å²) in [7, 11) is 0. The summed E-state index contributed by atoms with van der Waals surface area (Å²) in [5, 5.41) is 3.42. The van der Waals surface area contributed by atoms with Crippen molar-refractivity contribution < 1.29 is 8.78 Å². The van der Waals surface area contributed by atoms with E-state index in [1.54, 1.807) is 0 Å². The van der Waals surface area contributed by atoms with Crippen LogP contribution in [0, 0.1) is 11.6 Å². The van der Waals surface area contributed by atoms with Gasteiger partial charge in [0, 0.05) is 24.2 Å². The van der Waals surface area contributed by atoms with Gasteiger partial charge in [-0.1, -0.05) is 24.3 Å². The molecule has 0 saturated heterocycles. The highest BCUT2D eigenvalue weighted by atomic mass is 19.1. The first-order chi connectivity index (χ1) is 9.24. The molecule has 1 nitrogen and oxygen atoms in total. The lowest BCUT2D eigenvalue weighted by Crippen LogP contribution is -2.15. The van der Waals surface area contributed by atoms with Crippen molar-refractivity contribution >= 4 is 0 Å². The molecule has 98 valence electrons. The quantitative estimate of drug-likeness (QED) is 0.878. The standard InChI is InChI=1S/C16H15F2N/c17-12-5-8-15(16(18)9-12)14-4-2-1-3-11(14)10-19-13-6-7-13/h1-5,8-9,13,19H,6-7,10H2. The molecule has 2 aromatic rings. The predicted octanol–water partition coefficient (Wildman–Crippen LogP) is 3.88. The minimum Gasteiger partial charge on any atom is -0.310 e. The number of hydrogen-bond donors (Lipinski definition) is 1. The molecule has 0 aliphatic heterocycles. The molecule has 0 spiro atoms. The maximum atomic E-state index is 13.9. The topological polar surface area (TPSA) is 12.0 Å². The number of rotatable bonds is 4. The van der Waals surface area contributed by atoms with E-state index in [1.165, 1.54) is 25.0 Å². The first-order valence-corrected chi connectivity index (χ1v) is 6.51. The molecule has 0 radical (unpaired) electrons. The molecule has 0 unspecified atom stereocenters. The van der Waals surface area contributed by atoms with Crippen molar-refractivity contribution in [1.82, 2.24) is 5.32 Å². The first kappa shape index (κ1) is 12.3. The fourth-order valence-corrected chi connectivity index (χ4v) is 2.19. The van der Waals surface area contributed by atoms with Gasteiger partial charge in [0.05, 0.1) is 0 Å². The molecule has 1 aliphatic rings. The van der Waals surface area contributed by atoms with E-state index in [0.29, 0.717) is 11.6 Å². The Morgan fingerprint density at radius 2 is 1.79 bits per heavy atom. The largest absolute Gasteiger partial charge is 0.310 e. The SMILES string of the molecule is Fc1ccc(-c2ccccc2CNC2CC2)c(F)c1. The lowest BCUT2D eigenvalue weighted by molar-refractivity contribution is 0.585. The third-order valence-electron chi connectivity index (χ3n) is 3.40. The lowest BCUT2D eigenvalue weighted by Gasteiger charge is -2.11. The van der Waals surface area contributed by atoms with Crippen LogP contribution >= 0.6 is 0 Å². The minimum absolute atomic E-state index is 0.453. The molecule has 0 heterocycles.